The first kappa shape index (κ1) is 16.5. The lowest BCUT2D eigenvalue weighted by molar-refractivity contribution is 0.0766. The molecular formula is C21H22N4O. The average molecular weight is 346 g/mol. The van der Waals surface area contributed by atoms with Crippen molar-refractivity contribution in [2.45, 2.75) is 6.42 Å². The van der Waals surface area contributed by atoms with Gasteiger partial charge in [-0.25, -0.2) is 0 Å². The molecule has 1 fully saturated rings. The van der Waals surface area contributed by atoms with E-state index in [0.29, 0.717) is 0 Å². The number of nitrogens with one attached hydrogen (secondary N) is 2. The van der Waals surface area contributed by atoms with Crippen molar-refractivity contribution in [3.05, 3.63) is 65.4 Å². The molecule has 2 aromatic carbocycles. The summed E-state index contributed by atoms with van der Waals surface area (Å²) in [6.45, 7) is 3.44. The summed E-state index contributed by atoms with van der Waals surface area (Å²) in [5, 5.41) is 11.8. The number of carbonyl (C=O) groups is 1. The lowest BCUT2D eigenvalue weighted by Gasteiger charge is -2.19. The van der Waals surface area contributed by atoms with Gasteiger partial charge in [-0.15, -0.1) is 0 Å². The molecule has 1 aliphatic heterocycles. The van der Waals surface area contributed by atoms with E-state index in [9.17, 15) is 4.79 Å². The predicted octanol–water partition coefficient (Wildman–Crippen LogP) is 3.17. The van der Waals surface area contributed by atoms with Gasteiger partial charge in [-0.1, -0.05) is 36.4 Å². The van der Waals surface area contributed by atoms with Gasteiger partial charge in [-0.3, -0.25) is 9.89 Å². The monoisotopic (exact) mass is 346 g/mol. The second-order valence-electron chi connectivity index (χ2n) is 6.51. The fourth-order valence-corrected chi connectivity index (χ4v) is 3.26. The Kier molecular flexibility index (Phi) is 4.80. The van der Waals surface area contributed by atoms with E-state index < -0.39 is 0 Å². The van der Waals surface area contributed by atoms with Crippen molar-refractivity contribution in [3.63, 3.8) is 0 Å². The van der Waals surface area contributed by atoms with Gasteiger partial charge in [0.25, 0.3) is 5.91 Å². The van der Waals surface area contributed by atoms with Crippen LogP contribution in [0.3, 0.4) is 0 Å². The number of H-pyrrole nitrogens is 1. The highest BCUT2D eigenvalue weighted by Crippen LogP contribution is 2.18. The third-order valence-electron chi connectivity index (χ3n) is 4.72. The number of benzene rings is 2. The van der Waals surface area contributed by atoms with Gasteiger partial charge in [-0.2, -0.15) is 5.10 Å². The minimum absolute atomic E-state index is 0.113. The molecule has 0 atom stereocenters. The van der Waals surface area contributed by atoms with Gasteiger partial charge in [0.15, 0.2) is 0 Å². The minimum atomic E-state index is 0.113. The van der Waals surface area contributed by atoms with Crippen molar-refractivity contribution in [2.75, 3.05) is 26.2 Å². The van der Waals surface area contributed by atoms with E-state index >= 15 is 0 Å². The van der Waals surface area contributed by atoms with Gasteiger partial charge < -0.3 is 10.2 Å². The third kappa shape index (κ3) is 3.53. The Labute approximate surface area is 152 Å². The van der Waals surface area contributed by atoms with Crippen molar-refractivity contribution >= 4 is 29.0 Å². The molecule has 2 heterocycles. The van der Waals surface area contributed by atoms with Gasteiger partial charge in [-0.05, 0) is 42.8 Å². The SMILES string of the molecule is O=C(c1ccc(C=Cc2n[nH]c3ccccc23)cc1)N1CCCNCC1. The zero-order chi connectivity index (χ0) is 17.8. The summed E-state index contributed by atoms with van der Waals surface area (Å²) in [6, 6.07) is 15.8. The van der Waals surface area contributed by atoms with Crippen molar-refractivity contribution in [1.29, 1.82) is 0 Å². The second kappa shape index (κ2) is 7.54. The molecule has 1 aromatic heterocycles. The number of fused-ring (bicyclic) bond motifs is 1. The van der Waals surface area contributed by atoms with Crippen LogP contribution < -0.4 is 5.32 Å². The molecule has 5 nitrogen and oxygen atoms in total. The van der Waals surface area contributed by atoms with E-state index in [1.807, 2.05) is 59.5 Å². The number of rotatable bonds is 3. The van der Waals surface area contributed by atoms with Crippen LogP contribution in [0.4, 0.5) is 0 Å². The molecule has 0 spiro atoms. The number of nitrogens with zero attached hydrogens (tertiary/aromatic N) is 2. The topological polar surface area (TPSA) is 61.0 Å². The molecule has 1 amide bonds. The Hall–Kier alpha value is -2.92. The lowest BCUT2D eigenvalue weighted by Crippen LogP contribution is -2.34. The van der Waals surface area contributed by atoms with Crippen molar-refractivity contribution in [3.8, 4) is 0 Å². The number of aromatic nitrogens is 2. The predicted molar refractivity (Wildman–Crippen MR) is 105 cm³/mol. The first-order valence-electron chi connectivity index (χ1n) is 9.02. The molecule has 26 heavy (non-hydrogen) atoms. The highest BCUT2D eigenvalue weighted by molar-refractivity contribution is 5.94. The van der Waals surface area contributed by atoms with E-state index in [1.165, 1.54) is 0 Å². The van der Waals surface area contributed by atoms with Crippen LogP contribution in [0.25, 0.3) is 23.1 Å². The van der Waals surface area contributed by atoms with Crippen LogP contribution >= 0.6 is 0 Å². The quantitative estimate of drug-likeness (QED) is 0.766. The summed E-state index contributed by atoms with van der Waals surface area (Å²) < 4.78 is 0. The molecule has 4 rings (SSSR count). The maximum absolute atomic E-state index is 12.6. The van der Waals surface area contributed by atoms with Crippen molar-refractivity contribution in [2.24, 2.45) is 0 Å². The van der Waals surface area contributed by atoms with E-state index in [-0.39, 0.29) is 5.91 Å². The first-order chi connectivity index (χ1) is 12.8. The minimum Gasteiger partial charge on any atom is -0.337 e. The Morgan fingerprint density at radius 3 is 2.73 bits per heavy atom. The largest absolute Gasteiger partial charge is 0.337 e. The summed E-state index contributed by atoms with van der Waals surface area (Å²) in [4.78, 5) is 14.6. The van der Waals surface area contributed by atoms with E-state index in [1.54, 1.807) is 0 Å². The molecule has 0 aliphatic carbocycles. The summed E-state index contributed by atoms with van der Waals surface area (Å²) in [5.74, 6) is 0.113. The molecule has 1 aliphatic rings. The molecule has 0 bridgehead atoms. The molecular weight excluding hydrogens is 324 g/mol. The van der Waals surface area contributed by atoms with Gasteiger partial charge in [0.1, 0.15) is 0 Å². The molecule has 2 N–H and O–H groups in total. The fourth-order valence-electron chi connectivity index (χ4n) is 3.26. The normalized spacial score (nSPS) is 15.5. The van der Waals surface area contributed by atoms with Gasteiger partial charge in [0, 0.05) is 30.6 Å². The zero-order valence-electron chi connectivity index (χ0n) is 14.6. The number of amides is 1. The van der Waals surface area contributed by atoms with Crippen LogP contribution in [-0.4, -0.2) is 47.2 Å². The molecule has 132 valence electrons. The van der Waals surface area contributed by atoms with E-state index in [4.69, 9.17) is 0 Å². The zero-order valence-corrected chi connectivity index (χ0v) is 14.6. The van der Waals surface area contributed by atoms with E-state index in [0.717, 1.165) is 60.3 Å². The smallest absolute Gasteiger partial charge is 0.253 e. The fraction of sp³-hybridized carbons (Fsp3) is 0.238. The summed E-state index contributed by atoms with van der Waals surface area (Å²) in [7, 11) is 0. The molecule has 1 saturated heterocycles. The average Bonchev–Trinajstić information content (AvgIpc) is 2.90. The summed E-state index contributed by atoms with van der Waals surface area (Å²) >= 11 is 0. The van der Waals surface area contributed by atoms with Crippen molar-refractivity contribution in [1.82, 2.24) is 20.4 Å². The van der Waals surface area contributed by atoms with Gasteiger partial charge in [0.2, 0.25) is 0 Å². The molecule has 0 radical (unpaired) electrons. The Morgan fingerprint density at radius 2 is 1.85 bits per heavy atom. The number of aromatic amines is 1. The first-order valence-corrected chi connectivity index (χ1v) is 9.02. The van der Waals surface area contributed by atoms with Gasteiger partial charge in [0.05, 0.1) is 11.2 Å². The van der Waals surface area contributed by atoms with Crippen LogP contribution in [0, 0.1) is 0 Å². The van der Waals surface area contributed by atoms with Crippen molar-refractivity contribution < 1.29 is 4.79 Å². The number of hydrogen-bond acceptors (Lipinski definition) is 3. The van der Waals surface area contributed by atoms with Crippen LogP contribution in [-0.2, 0) is 0 Å². The summed E-state index contributed by atoms with van der Waals surface area (Å²) in [5.41, 5.74) is 3.73. The number of carbonyl (C=O) groups excluding carboxylic acids is 1. The molecule has 3 aromatic rings. The summed E-state index contributed by atoms with van der Waals surface area (Å²) in [6.07, 6.45) is 5.02. The van der Waals surface area contributed by atoms with Crippen LogP contribution in [0.15, 0.2) is 48.5 Å². The van der Waals surface area contributed by atoms with Crippen LogP contribution in [0.2, 0.25) is 0 Å². The number of para-hydroxylation sites is 1. The van der Waals surface area contributed by atoms with Crippen LogP contribution in [0.1, 0.15) is 28.0 Å². The molecule has 5 heteroatoms. The molecule has 0 saturated carbocycles. The maximum atomic E-state index is 12.6. The standard InChI is InChI=1S/C21H22N4O/c26-21(25-14-3-12-22-13-15-25)17-9-6-16(7-10-17)8-11-20-18-4-1-2-5-19(18)23-24-20/h1-2,4-11,22H,3,12-15H2,(H,23,24). The Morgan fingerprint density at radius 1 is 1.00 bits per heavy atom. The lowest BCUT2D eigenvalue weighted by atomic mass is 10.1. The van der Waals surface area contributed by atoms with Gasteiger partial charge >= 0.3 is 0 Å². The highest BCUT2D eigenvalue weighted by Gasteiger charge is 2.16. The van der Waals surface area contributed by atoms with E-state index in [2.05, 4.69) is 21.6 Å². The Bertz CT molecular complexity index is 919. The van der Waals surface area contributed by atoms with Crippen LogP contribution in [0.5, 0.6) is 0 Å². The highest BCUT2D eigenvalue weighted by atomic mass is 16.2. The molecule has 0 unspecified atom stereocenters. The second-order valence-corrected chi connectivity index (χ2v) is 6.51. The Balaban J connectivity index is 1.48. The maximum Gasteiger partial charge on any atom is 0.253 e. The number of hydrogen-bond donors (Lipinski definition) is 2. The third-order valence-corrected chi connectivity index (χ3v) is 4.72.